The molecule has 34 heavy (non-hydrogen) atoms. The Kier molecular flexibility index (Phi) is 6.92. The van der Waals surface area contributed by atoms with Crippen molar-refractivity contribution in [2.24, 2.45) is 5.92 Å². The molecule has 2 aliphatic heterocycles. The second kappa shape index (κ2) is 9.88. The lowest BCUT2D eigenvalue weighted by Crippen LogP contribution is -2.46. The fourth-order valence-corrected chi connectivity index (χ4v) is 5.43. The highest BCUT2D eigenvalue weighted by molar-refractivity contribution is 7.92. The summed E-state index contributed by atoms with van der Waals surface area (Å²) in [5.74, 6) is -1.00. The number of hydrogen-bond acceptors (Lipinski definition) is 7. The number of likely N-dealkylation sites (tertiary alicyclic amines) is 1. The molecule has 0 atom stereocenters. The third-order valence-corrected chi connectivity index (χ3v) is 7.63. The molecule has 4 rings (SSSR count). The molecule has 0 unspecified atom stereocenters. The lowest BCUT2D eigenvalue weighted by atomic mass is 9.97. The normalized spacial score (nSPS) is 16.1. The first kappa shape index (κ1) is 23.8. The maximum atomic E-state index is 14.0. The zero-order valence-electron chi connectivity index (χ0n) is 18.6. The van der Waals surface area contributed by atoms with Crippen molar-refractivity contribution in [3.05, 3.63) is 48.3 Å². The Labute approximate surface area is 197 Å². The number of halogens is 1. The van der Waals surface area contributed by atoms with Crippen molar-refractivity contribution in [2.75, 3.05) is 44.3 Å². The number of hydrogen-bond donors (Lipinski definition) is 0. The van der Waals surface area contributed by atoms with E-state index in [9.17, 15) is 22.4 Å². The smallest absolute Gasteiger partial charge is 0.308 e. The highest BCUT2D eigenvalue weighted by Gasteiger charge is 2.33. The van der Waals surface area contributed by atoms with E-state index in [4.69, 9.17) is 14.2 Å². The fourth-order valence-electron chi connectivity index (χ4n) is 4.01. The van der Waals surface area contributed by atoms with Crippen LogP contribution in [0, 0.1) is 11.7 Å². The summed E-state index contributed by atoms with van der Waals surface area (Å²) in [7, 11) is -2.94. The standard InChI is InChI=1S/C23H25FN2O7S/c1-31-23(28)16-7-9-25(10-8-16)22(27)15-26(18-4-2-3-17(24)13-18)34(29,30)19-5-6-20-21(14-19)33-12-11-32-20/h2-6,13-14,16H,7-12,15H2,1H3. The number of amides is 1. The number of sulfonamides is 1. The molecule has 0 N–H and O–H groups in total. The molecule has 2 heterocycles. The highest BCUT2D eigenvalue weighted by Crippen LogP contribution is 2.34. The van der Waals surface area contributed by atoms with Gasteiger partial charge in [-0.3, -0.25) is 13.9 Å². The molecule has 0 bridgehead atoms. The second-order valence-electron chi connectivity index (χ2n) is 7.98. The number of rotatable bonds is 6. The van der Waals surface area contributed by atoms with Crippen LogP contribution >= 0.6 is 0 Å². The Hall–Kier alpha value is -3.34. The van der Waals surface area contributed by atoms with Gasteiger partial charge < -0.3 is 19.1 Å². The van der Waals surface area contributed by atoms with Crippen LogP contribution in [0.4, 0.5) is 10.1 Å². The molecule has 1 amide bonds. The number of carbonyl (C=O) groups excluding carboxylic acids is 2. The summed E-state index contributed by atoms with van der Waals surface area (Å²) in [5.41, 5.74) is 0.0210. The number of carbonyl (C=O) groups is 2. The summed E-state index contributed by atoms with van der Waals surface area (Å²) in [6, 6.07) is 9.25. The van der Waals surface area contributed by atoms with Gasteiger partial charge in [0, 0.05) is 19.2 Å². The highest BCUT2D eigenvalue weighted by atomic mass is 32.2. The van der Waals surface area contributed by atoms with Gasteiger partial charge in [0.15, 0.2) is 11.5 Å². The quantitative estimate of drug-likeness (QED) is 0.570. The van der Waals surface area contributed by atoms with Crippen molar-refractivity contribution in [2.45, 2.75) is 17.7 Å². The van der Waals surface area contributed by atoms with Crippen LogP contribution in [0.1, 0.15) is 12.8 Å². The van der Waals surface area contributed by atoms with Crippen LogP contribution in [-0.4, -0.2) is 65.2 Å². The number of piperidine rings is 1. The van der Waals surface area contributed by atoms with E-state index in [0.717, 1.165) is 10.4 Å². The predicted molar refractivity (Wildman–Crippen MR) is 120 cm³/mol. The van der Waals surface area contributed by atoms with Crippen molar-refractivity contribution in [1.82, 2.24) is 4.90 Å². The minimum atomic E-state index is -4.26. The number of nitrogens with zero attached hydrogens (tertiary/aromatic N) is 2. The van der Waals surface area contributed by atoms with Gasteiger partial charge in [-0.2, -0.15) is 0 Å². The zero-order chi connectivity index (χ0) is 24.3. The Morgan fingerprint density at radius 1 is 1.09 bits per heavy atom. The van der Waals surface area contributed by atoms with E-state index in [0.29, 0.717) is 38.3 Å². The van der Waals surface area contributed by atoms with Gasteiger partial charge in [0.2, 0.25) is 5.91 Å². The molecule has 11 heteroatoms. The fraction of sp³-hybridized carbons (Fsp3) is 0.391. The van der Waals surface area contributed by atoms with E-state index in [1.165, 1.54) is 48.4 Å². The van der Waals surface area contributed by atoms with Crippen LogP contribution in [0.2, 0.25) is 0 Å². The third kappa shape index (κ3) is 4.93. The first-order valence-corrected chi connectivity index (χ1v) is 12.3. The molecular weight excluding hydrogens is 467 g/mol. The van der Waals surface area contributed by atoms with Crippen LogP contribution in [0.15, 0.2) is 47.4 Å². The van der Waals surface area contributed by atoms with Crippen LogP contribution in [0.5, 0.6) is 11.5 Å². The largest absolute Gasteiger partial charge is 0.486 e. The average Bonchev–Trinajstić information content (AvgIpc) is 2.86. The average molecular weight is 493 g/mol. The third-order valence-electron chi connectivity index (χ3n) is 5.86. The van der Waals surface area contributed by atoms with Crippen molar-refractivity contribution in [3.63, 3.8) is 0 Å². The van der Waals surface area contributed by atoms with E-state index >= 15 is 0 Å². The van der Waals surface area contributed by atoms with Crippen molar-refractivity contribution in [1.29, 1.82) is 0 Å². The van der Waals surface area contributed by atoms with Crippen molar-refractivity contribution in [3.8, 4) is 11.5 Å². The summed E-state index contributed by atoms with van der Waals surface area (Å²) in [6.07, 6.45) is 0.848. The van der Waals surface area contributed by atoms with Gasteiger partial charge in [0.1, 0.15) is 25.6 Å². The van der Waals surface area contributed by atoms with E-state index in [-0.39, 0.29) is 34.8 Å². The summed E-state index contributed by atoms with van der Waals surface area (Å²) in [5, 5.41) is 0. The summed E-state index contributed by atoms with van der Waals surface area (Å²) >= 11 is 0. The number of benzene rings is 2. The van der Waals surface area contributed by atoms with Gasteiger partial charge in [-0.25, -0.2) is 12.8 Å². The van der Waals surface area contributed by atoms with Gasteiger partial charge in [-0.1, -0.05) is 6.07 Å². The lowest BCUT2D eigenvalue weighted by Gasteiger charge is -2.33. The van der Waals surface area contributed by atoms with Crippen LogP contribution < -0.4 is 13.8 Å². The number of methoxy groups -OCH3 is 1. The summed E-state index contributed by atoms with van der Waals surface area (Å²) < 4.78 is 57.8. The number of fused-ring (bicyclic) bond motifs is 1. The Balaban J connectivity index is 1.60. The SMILES string of the molecule is COC(=O)C1CCN(C(=O)CN(c2cccc(F)c2)S(=O)(=O)c2ccc3c(c2)OCCO3)CC1. The zero-order valence-corrected chi connectivity index (χ0v) is 19.4. The molecule has 0 aromatic heterocycles. The number of esters is 1. The Bertz CT molecular complexity index is 1180. The molecule has 9 nitrogen and oxygen atoms in total. The van der Waals surface area contributed by atoms with Crippen molar-refractivity contribution >= 4 is 27.6 Å². The minimum absolute atomic E-state index is 0.0210. The van der Waals surface area contributed by atoms with Gasteiger partial charge in [-0.05, 0) is 43.2 Å². The molecular formula is C23H25FN2O7S. The van der Waals surface area contributed by atoms with E-state index < -0.39 is 28.3 Å². The molecule has 1 saturated heterocycles. The summed E-state index contributed by atoms with van der Waals surface area (Å²) in [4.78, 5) is 26.2. The van der Waals surface area contributed by atoms with Crippen LogP contribution in [-0.2, 0) is 24.3 Å². The maximum Gasteiger partial charge on any atom is 0.308 e. The first-order chi connectivity index (χ1) is 16.3. The molecule has 182 valence electrons. The molecule has 2 aromatic rings. The minimum Gasteiger partial charge on any atom is -0.486 e. The number of ether oxygens (including phenoxy) is 3. The molecule has 1 fully saturated rings. The summed E-state index contributed by atoms with van der Waals surface area (Å²) in [6.45, 7) is 0.697. The van der Waals surface area contributed by atoms with Gasteiger partial charge >= 0.3 is 5.97 Å². The van der Waals surface area contributed by atoms with E-state index in [1.54, 1.807) is 0 Å². The first-order valence-electron chi connectivity index (χ1n) is 10.8. The van der Waals surface area contributed by atoms with Gasteiger partial charge in [0.05, 0.1) is 23.6 Å². The van der Waals surface area contributed by atoms with Crippen molar-refractivity contribution < 1.29 is 36.6 Å². The Morgan fingerprint density at radius 3 is 2.47 bits per heavy atom. The van der Waals surface area contributed by atoms with Crippen LogP contribution in [0.3, 0.4) is 0 Å². The topological polar surface area (TPSA) is 102 Å². The van der Waals surface area contributed by atoms with Crippen LogP contribution in [0.25, 0.3) is 0 Å². The van der Waals surface area contributed by atoms with E-state index in [1.807, 2.05) is 0 Å². The monoisotopic (exact) mass is 492 g/mol. The molecule has 0 spiro atoms. The Morgan fingerprint density at radius 2 is 1.79 bits per heavy atom. The maximum absolute atomic E-state index is 14.0. The molecule has 0 radical (unpaired) electrons. The predicted octanol–water partition coefficient (Wildman–Crippen LogP) is 2.20. The lowest BCUT2D eigenvalue weighted by molar-refractivity contribution is -0.148. The second-order valence-corrected chi connectivity index (χ2v) is 9.84. The van der Waals surface area contributed by atoms with Gasteiger partial charge in [-0.15, -0.1) is 0 Å². The molecule has 2 aliphatic rings. The van der Waals surface area contributed by atoms with Gasteiger partial charge in [0.25, 0.3) is 10.0 Å². The van der Waals surface area contributed by atoms with E-state index in [2.05, 4.69) is 0 Å². The molecule has 2 aromatic carbocycles. The molecule has 0 saturated carbocycles. The number of anilines is 1. The molecule has 0 aliphatic carbocycles.